The van der Waals surface area contributed by atoms with E-state index in [9.17, 15) is 4.79 Å². The average Bonchev–Trinajstić information content (AvgIpc) is 2.43. The van der Waals surface area contributed by atoms with Crippen molar-refractivity contribution in [3.8, 4) is 5.75 Å². The summed E-state index contributed by atoms with van der Waals surface area (Å²) < 4.78 is 5.83. The monoisotopic (exact) mass is 312 g/mol. The van der Waals surface area contributed by atoms with Crippen LogP contribution in [0.4, 0.5) is 0 Å². The highest BCUT2D eigenvalue weighted by Gasteiger charge is 2.10. The second-order valence-electron chi connectivity index (χ2n) is 5.52. The highest BCUT2D eigenvalue weighted by molar-refractivity contribution is 6.31. The fraction of sp³-hybridized carbons (Fsp3) is 0.562. The Morgan fingerprint density at radius 3 is 2.67 bits per heavy atom. The summed E-state index contributed by atoms with van der Waals surface area (Å²) in [6.07, 6.45) is 3.14. The molecule has 0 aliphatic heterocycles. The third-order valence-corrected chi connectivity index (χ3v) is 3.71. The molecule has 3 N–H and O–H groups in total. The summed E-state index contributed by atoms with van der Waals surface area (Å²) in [5.41, 5.74) is 4.28. The molecule has 1 aromatic rings. The summed E-state index contributed by atoms with van der Waals surface area (Å²) in [5.74, 6) is 6.16. The van der Waals surface area contributed by atoms with Gasteiger partial charge in [0.25, 0.3) is 0 Å². The van der Waals surface area contributed by atoms with Crippen molar-refractivity contribution in [1.82, 2.24) is 5.43 Å². The number of carbonyl (C=O) groups is 1. The molecule has 0 bridgehead atoms. The van der Waals surface area contributed by atoms with E-state index in [2.05, 4.69) is 19.3 Å². The van der Waals surface area contributed by atoms with Crippen molar-refractivity contribution in [3.63, 3.8) is 0 Å². The first-order valence-electron chi connectivity index (χ1n) is 7.38. The Morgan fingerprint density at radius 2 is 2.05 bits per heavy atom. The van der Waals surface area contributed by atoms with Gasteiger partial charge in [0.1, 0.15) is 5.75 Å². The van der Waals surface area contributed by atoms with Crippen LogP contribution in [0.3, 0.4) is 0 Å². The Bertz CT molecular complexity index is 476. The second kappa shape index (κ2) is 8.90. The van der Waals surface area contributed by atoms with E-state index >= 15 is 0 Å². The number of carbonyl (C=O) groups excluding carboxylic acids is 1. The maximum atomic E-state index is 11.0. The van der Waals surface area contributed by atoms with Crippen LogP contribution in [0, 0.1) is 6.92 Å². The van der Waals surface area contributed by atoms with E-state index in [4.69, 9.17) is 22.2 Å². The maximum Gasteiger partial charge on any atom is 0.233 e. The molecule has 0 aromatic heterocycles. The van der Waals surface area contributed by atoms with E-state index in [0.29, 0.717) is 18.9 Å². The molecule has 0 radical (unpaired) electrons. The van der Waals surface area contributed by atoms with Gasteiger partial charge in [-0.05, 0) is 55.4 Å². The van der Waals surface area contributed by atoms with Gasteiger partial charge in [-0.2, -0.15) is 0 Å². The van der Waals surface area contributed by atoms with Gasteiger partial charge in [-0.25, -0.2) is 5.84 Å². The fourth-order valence-corrected chi connectivity index (χ4v) is 2.52. The fourth-order valence-electron chi connectivity index (χ4n) is 2.09. The number of benzene rings is 1. The number of ether oxygens (including phenoxy) is 1. The average molecular weight is 313 g/mol. The quantitative estimate of drug-likeness (QED) is 0.333. The summed E-state index contributed by atoms with van der Waals surface area (Å²) in [5, 5.41) is 0.794. The van der Waals surface area contributed by atoms with Crippen molar-refractivity contribution in [3.05, 3.63) is 28.3 Å². The number of unbranched alkanes of at least 4 members (excludes halogenated alkanes) is 2. The Hall–Kier alpha value is -1.26. The van der Waals surface area contributed by atoms with Crippen LogP contribution < -0.4 is 16.0 Å². The van der Waals surface area contributed by atoms with Crippen molar-refractivity contribution in [2.75, 3.05) is 6.61 Å². The second-order valence-corrected chi connectivity index (χ2v) is 5.93. The van der Waals surface area contributed by atoms with Gasteiger partial charge in [0, 0.05) is 11.4 Å². The van der Waals surface area contributed by atoms with E-state index in [1.807, 2.05) is 19.1 Å². The standard InChI is InChI=1S/C16H25ClN2O2/c1-11(2)13-10-15(12(3)9-14(13)17)21-8-6-4-5-7-16(20)19-18/h9-11H,4-8,18H2,1-3H3,(H,19,20). The molecule has 1 amide bonds. The Balaban J connectivity index is 2.42. The molecule has 5 heteroatoms. The predicted molar refractivity (Wildman–Crippen MR) is 86.6 cm³/mol. The van der Waals surface area contributed by atoms with Crippen molar-refractivity contribution < 1.29 is 9.53 Å². The number of aryl methyl sites for hydroxylation is 1. The lowest BCUT2D eigenvalue weighted by molar-refractivity contribution is -0.121. The molecule has 0 aliphatic rings. The molecular weight excluding hydrogens is 288 g/mol. The number of nitrogens with one attached hydrogen (secondary N) is 1. The minimum atomic E-state index is -0.119. The SMILES string of the molecule is Cc1cc(Cl)c(C(C)C)cc1OCCCCCC(=O)NN. The van der Waals surface area contributed by atoms with Crippen molar-refractivity contribution in [2.24, 2.45) is 5.84 Å². The lowest BCUT2D eigenvalue weighted by atomic mass is 10.0. The minimum Gasteiger partial charge on any atom is -0.493 e. The molecule has 0 saturated carbocycles. The number of rotatable bonds is 8. The lowest BCUT2D eigenvalue weighted by Crippen LogP contribution is -2.29. The van der Waals surface area contributed by atoms with Crippen LogP contribution in [-0.2, 0) is 4.79 Å². The van der Waals surface area contributed by atoms with E-state index in [1.165, 1.54) is 0 Å². The van der Waals surface area contributed by atoms with Crippen LogP contribution in [-0.4, -0.2) is 12.5 Å². The molecule has 1 aromatic carbocycles. The topological polar surface area (TPSA) is 64.3 Å². The van der Waals surface area contributed by atoms with Gasteiger partial charge in [-0.3, -0.25) is 10.2 Å². The third-order valence-electron chi connectivity index (χ3n) is 3.38. The number of hydrogen-bond donors (Lipinski definition) is 2. The van der Waals surface area contributed by atoms with Gasteiger partial charge >= 0.3 is 0 Å². The smallest absolute Gasteiger partial charge is 0.233 e. The normalized spacial score (nSPS) is 10.8. The molecule has 1 rings (SSSR count). The molecule has 4 nitrogen and oxygen atoms in total. The highest BCUT2D eigenvalue weighted by Crippen LogP contribution is 2.31. The zero-order valence-electron chi connectivity index (χ0n) is 13.0. The predicted octanol–water partition coefficient (Wildman–Crippen LogP) is 3.70. The van der Waals surface area contributed by atoms with Crippen LogP contribution >= 0.6 is 11.6 Å². The zero-order valence-corrected chi connectivity index (χ0v) is 13.8. The van der Waals surface area contributed by atoms with Crippen molar-refractivity contribution >= 4 is 17.5 Å². The maximum absolute atomic E-state index is 11.0. The van der Waals surface area contributed by atoms with Crippen LogP contribution in [0.2, 0.25) is 5.02 Å². The molecule has 0 spiro atoms. The van der Waals surface area contributed by atoms with Gasteiger partial charge in [0.05, 0.1) is 6.61 Å². The van der Waals surface area contributed by atoms with E-state index < -0.39 is 0 Å². The van der Waals surface area contributed by atoms with Crippen molar-refractivity contribution in [2.45, 2.75) is 52.4 Å². The molecular formula is C16H25ClN2O2. The first kappa shape index (κ1) is 17.8. The molecule has 0 aliphatic carbocycles. The van der Waals surface area contributed by atoms with Gasteiger partial charge in [0.15, 0.2) is 0 Å². The first-order chi connectivity index (χ1) is 9.95. The number of hydrazine groups is 1. The number of nitrogens with two attached hydrogens (primary N) is 1. The number of hydrogen-bond acceptors (Lipinski definition) is 3. The number of halogens is 1. The number of amides is 1. The Morgan fingerprint density at radius 1 is 1.33 bits per heavy atom. The van der Waals surface area contributed by atoms with Gasteiger partial charge < -0.3 is 4.74 Å². The highest BCUT2D eigenvalue weighted by atomic mass is 35.5. The van der Waals surface area contributed by atoms with Crippen LogP contribution in [0.5, 0.6) is 5.75 Å². The molecule has 0 heterocycles. The molecule has 0 fully saturated rings. The first-order valence-corrected chi connectivity index (χ1v) is 7.75. The molecule has 118 valence electrons. The Labute approximate surface area is 132 Å². The summed E-state index contributed by atoms with van der Waals surface area (Å²) in [6, 6.07) is 3.99. The largest absolute Gasteiger partial charge is 0.493 e. The van der Waals surface area contributed by atoms with E-state index in [0.717, 1.165) is 41.2 Å². The molecule has 0 unspecified atom stereocenters. The van der Waals surface area contributed by atoms with E-state index in [1.54, 1.807) is 0 Å². The Kier molecular flexibility index (Phi) is 7.54. The lowest BCUT2D eigenvalue weighted by Gasteiger charge is -2.14. The van der Waals surface area contributed by atoms with Gasteiger partial charge in [0.2, 0.25) is 5.91 Å². The van der Waals surface area contributed by atoms with E-state index in [-0.39, 0.29) is 5.91 Å². The molecule has 21 heavy (non-hydrogen) atoms. The summed E-state index contributed by atoms with van der Waals surface area (Å²) in [6.45, 7) is 6.87. The molecule has 0 saturated heterocycles. The van der Waals surface area contributed by atoms with Crippen LogP contribution in [0.1, 0.15) is 56.6 Å². The third kappa shape index (κ3) is 5.94. The van der Waals surface area contributed by atoms with Crippen LogP contribution in [0.15, 0.2) is 12.1 Å². The molecule has 0 atom stereocenters. The summed E-state index contributed by atoms with van der Waals surface area (Å²) in [7, 11) is 0. The van der Waals surface area contributed by atoms with Gasteiger partial charge in [-0.1, -0.05) is 25.4 Å². The van der Waals surface area contributed by atoms with Crippen LogP contribution in [0.25, 0.3) is 0 Å². The minimum absolute atomic E-state index is 0.119. The zero-order chi connectivity index (χ0) is 15.8. The van der Waals surface area contributed by atoms with Gasteiger partial charge in [-0.15, -0.1) is 0 Å². The van der Waals surface area contributed by atoms with Crippen molar-refractivity contribution in [1.29, 1.82) is 0 Å². The summed E-state index contributed by atoms with van der Waals surface area (Å²) in [4.78, 5) is 11.0. The summed E-state index contributed by atoms with van der Waals surface area (Å²) >= 11 is 6.24.